The van der Waals surface area contributed by atoms with Crippen LogP contribution in [0.2, 0.25) is 5.02 Å². The molecule has 0 aliphatic rings. The highest BCUT2D eigenvalue weighted by atomic mass is 35.5. The van der Waals surface area contributed by atoms with E-state index in [0.717, 1.165) is 10.6 Å². The Kier molecular flexibility index (Phi) is 7.54. The van der Waals surface area contributed by atoms with E-state index in [1.54, 1.807) is 0 Å². The van der Waals surface area contributed by atoms with Gasteiger partial charge in [0.15, 0.2) is 0 Å². The molecule has 0 atom stereocenters. The summed E-state index contributed by atoms with van der Waals surface area (Å²) in [6.07, 6.45) is 0.278. The summed E-state index contributed by atoms with van der Waals surface area (Å²) >= 11 is 5.73. The molecule has 2 heteroatoms. The molecule has 0 unspecified atom stereocenters. The third-order valence-corrected chi connectivity index (χ3v) is 1.75. The van der Waals surface area contributed by atoms with Crippen LogP contribution in [0.1, 0.15) is 33.3 Å². The number of benzene rings is 1. The molecule has 1 aromatic rings. The van der Waals surface area contributed by atoms with Crippen LogP contribution in [0.25, 0.3) is 0 Å². The Morgan fingerprint density at radius 2 is 1.64 bits per heavy atom. The molecule has 0 aliphatic carbocycles. The van der Waals surface area contributed by atoms with Gasteiger partial charge in [0.05, 0.1) is 12.7 Å². The predicted molar refractivity (Wildman–Crippen MR) is 62.7 cm³/mol. The molecule has 0 saturated carbocycles. The van der Waals surface area contributed by atoms with E-state index in [9.17, 15) is 0 Å². The van der Waals surface area contributed by atoms with Crippen molar-refractivity contribution in [3.63, 3.8) is 0 Å². The fourth-order valence-corrected chi connectivity index (χ4v) is 0.970. The van der Waals surface area contributed by atoms with Crippen LogP contribution in [-0.4, -0.2) is 6.10 Å². The van der Waals surface area contributed by atoms with Crippen molar-refractivity contribution >= 4 is 11.6 Å². The second-order valence-corrected chi connectivity index (χ2v) is 3.42. The number of rotatable bonds is 3. The Hall–Kier alpha value is -0.530. The second kappa shape index (κ2) is 7.84. The lowest BCUT2D eigenvalue weighted by molar-refractivity contribution is 0.0657. The number of hydrogen-bond acceptors (Lipinski definition) is 1. The molecule has 14 heavy (non-hydrogen) atoms. The largest absolute Gasteiger partial charge is 0.374 e. The van der Waals surface area contributed by atoms with Gasteiger partial charge in [0, 0.05) is 5.02 Å². The summed E-state index contributed by atoms with van der Waals surface area (Å²) in [5.41, 5.74) is 1.16. The van der Waals surface area contributed by atoms with E-state index in [4.69, 9.17) is 16.3 Å². The van der Waals surface area contributed by atoms with Gasteiger partial charge < -0.3 is 4.74 Å². The van der Waals surface area contributed by atoms with Gasteiger partial charge in [-0.15, -0.1) is 0 Å². The third kappa shape index (κ3) is 6.01. The SMILES string of the molecule is CC.CC(C)OCc1ccc(Cl)cc1. The standard InChI is InChI=1S/C10H13ClO.C2H6/c1-8(2)12-7-9-3-5-10(11)6-4-9;1-2/h3-6,8H,7H2,1-2H3;1-2H3. The van der Waals surface area contributed by atoms with Crippen molar-refractivity contribution in [1.82, 2.24) is 0 Å². The van der Waals surface area contributed by atoms with Crippen molar-refractivity contribution in [3.05, 3.63) is 34.9 Å². The molecule has 0 radical (unpaired) electrons. The monoisotopic (exact) mass is 214 g/mol. The molecule has 0 amide bonds. The van der Waals surface area contributed by atoms with Gasteiger partial charge in [-0.2, -0.15) is 0 Å². The molecule has 1 aromatic carbocycles. The van der Waals surface area contributed by atoms with Gasteiger partial charge in [0.25, 0.3) is 0 Å². The first kappa shape index (κ1) is 13.5. The average Bonchev–Trinajstić information content (AvgIpc) is 2.20. The maximum atomic E-state index is 5.73. The minimum absolute atomic E-state index is 0.278. The third-order valence-electron chi connectivity index (χ3n) is 1.50. The molecule has 1 nitrogen and oxygen atoms in total. The topological polar surface area (TPSA) is 9.23 Å². The fourth-order valence-electron chi connectivity index (χ4n) is 0.844. The summed E-state index contributed by atoms with van der Waals surface area (Å²) in [5.74, 6) is 0. The summed E-state index contributed by atoms with van der Waals surface area (Å²) in [4.78, 5) is 0. The lowest BCUT2D eigenvalue weighted by atomic mass is 10.2. The first-order valence-corrected chi connectivity index (χ1v) is 5.42. The Bertz CT molecular complexity index is 229. The van der Waals surface area contributed by atoms with Crippen molar-refractivity contribution in [1.29, 1.82) is 0 Å². The zero-order valence-electron chi connectivity index (χ0n) is 9.38. The number of hydrogen-bond donors (Lipinski definition) is 0. The molecule has 0 bridgehead atoms. The molecule has 0 aliphatic heterocycles. The van der Waals surface area contributed by atoms with Crippen LogP contribution in [0.4, 0.5) is 0 Å². The molecule has 0 spiro atoms. The minimum Gasteiger partial charge on any atom is -0.374 e. The van der Waals surface area contributed by atoms with Crippen LogP contribution in [-0.2, 0) is 11.3 Å². The summed E-state index contributed by atoms with van der Waals surface area (Å²) in [6.45, 7) is 8.71. The summed E-state index contributed by atoms with van der Waals surface area (Å²) in [6, 6.07) is 7.70. The Labute approximate surface area is 92.0 Å². The molecule has 0 fully saturated rings. The van der Waals surface area contributed by atoms with E-state index in [-0.39, 0.29) is 6.10 Å². The molecule has 0 N–H and O–H groups in total. The van der Waals surface area contributed by atoms with E-state index < -0.39 is 0 Å². The number of halogens is 1. The van der Waals surface area contributed by atoms with Crippen LogP contribution < -0.4 is 0 Å². The molecule has 0 heterocycles. The van der Waals surface area contributed by atoms with E-state index in [0.29, 0.717) is 6.61 Å². The summed E-state index contributed by atoms with van der Waals surface area (Å²) in [5, 5.41) is 0.767. The zero-order valence-corrected chi connectivity index (χ0v) is 10.1. The van der Waals surface area contributed by atoms with Crippen LogP contribution in [0.15, 0.2) is 24.3 Å². The Balaban J connectivity index is 0.000000791. The van der Waals surface area contributed by atoms with Gasteiger partial charge in [-0.05, 0) is 31.5 Å². The van der Waals surface area contributed by atoms with Gasteiger partial charge in [-0.25, -0.2) is 0 Å². The maximum Gasteiger partial charge on any atom is 0.0720 e. The van der Waals surface area contributed by atoms with E-state index in [1.807, 2.05) is 52.0 Å². The minimum atomic E-state index is 0.278. The molecular formula is C12H19ClO. The molecule has 1 rings (SSSR count). The number of ether oxygens (including phenoxy) is 1. The smallest absolute Gasteiger partial charge is 0.0720 e. The van der Waals surface area contributed by atoms with Gasteiger partial charge in [-0.3, -0.25) is 0 Å². The van der Waals surface area contributed by atoms with Crippen LogP contribution in [0.5, 0.6) is 0 Å². The lowest BCUT2D eigenvalue weighted by Gasteiger charge is -2.06. The van der Waals surface area contributed by atoms with Crippen LogP contribution in [0, 0.1) is 0 Å². The van der Waals surface area contributed by atoms with Gasteiger partial charge in [-0.1, -0.05) is 37.6 Å². The summed E-state index contributed by atoms with van der Waals surface area (Å²) in [7, 11) is 0. The maximum absolute atomic E-state index is 5.73. The molecule has 80 valence electrons. The Morgan fingerprint density at radius 3 is 2.07 bits per heavy atom. The van der Waals surface area contributed by atoms with Gasteiger partial charge in [0.1, 0.15) is 0 Å². The second-order valence-electron chi connectivity index (χ2n) is 2.99. The average molecular weight is 215 g/mol. The molecular weight excluding hydrogens is 196 g/mol. The van der Waals surface area contributed by atoms with Crippen molar-refractivity contribution in [2.24, 2.45) is 0 Å². The van der Waals surface area contributed by atoms with Crippen molar-refractivity contribution in [2.75, 3.05) is 0 Å². The van der Waals surface area contributed by atoms with E-state index in [2.05, 4.69) is 0 Å². The first-order chi connectivity index (χ1) is 6.68. The molecule has 0 saturated heterocycles. The van der Waals surface area contributed by atoms with Gasteiger partial charge >= 0.3 is 0 Å². The normalized spacial score (nSPS) is 9.57. The van der Waals surface area contributed by atoms with Crippen LogP contribution in [0.3, 0.4) is 0 Å². The van der Waals surface area contributed by atoms with E-state index >= 15 is 0 Å². The predicted octanol–water partition coefficient (Wildman–Crippen LogP) is 4.29. The van der Waals surface area contributed by atoms with Crippen molar-refractivity contribution < 1.29 is 4.74 Å². The first-order valence-electron chi connectivity index (χ1n) is 5.04. The van der Waals surface area contributed by atoms with Gasteiger partial charge in [0.2, 0.25) is 0 Å². The highest BCUT2D eigenvalue weighted by Crippen LogP contribution is 2.10. The van der Waals surface area contributed by atoms with Crippen LogP contribution >= 0.6 is 11.6 Å². The lowest BCUT2D eigenvalue weighted by Crippen LogP contribution is -2.01. The highest BCUT2D eigenvalue weighted by molar-refractivity contribution is 6.30. The summed E-state index contributed by atoms with van der Waals surface area (Å²) < 4.78 is 5.42. The van der Waals surface area contributed by atoms with E-state index in [1.165, 1.54) is 0 Å². The highest BCUT2D eigenvalue weighted by Gasteiger charge is 1.95. The molecule has 0 aromatic heterocycles. The van der Waals surface area contributed by atoms with Crippen molar-refractivity contribution in [3.8, 4) is 0 Å². The zero-order chi connectivity index (χ0) is 11.0. The quantitative estimate of drug-likeness (QED) is 0.730. The van der Waals surface area contributed by atoms with Crippen molar-refractivity contribution in [2.45, 2.75) is 40.4 Å². The fraction of sp³-hybridized carbons (Fsp3) is 0.500. The Morgan fingerprint density at radius 1 is 1.14 bits per heavy atom.